The van der Waals surface area contributed by atoms with Gasteiger partial charge in [0.1, 0.15) is 10.8 Å². The maximum absolute atomic E-state index is 12.3. The Morgan fingerprint density at radius 3 is 2.73 bits per heavy atom. The van der Waals surface area contributed by atoms with E-state index in [4.69, 9.17) is 4.98 Å². The molecule has 0 unspecified atom stereocenters. The van der Waals surface area contributed by atoms with Crippen molar-refractivity contribution in [1.82, 2.24) is 43.7 Å². The van der Waals surface area contributed by atoms with Crippen molar-refractivity contribution in [3.8, 4) is 11.3 Å². The fourth-order valence-corrected chi connectivity index (χ4v) is 5.27. The second-order valence-electron chi connectivity index (χ2n) is 9.90. The number of anilines is 2. The van der Waals surface area contributed by atoms with E-state index in [2.05, 4.69) is 41.0 Å². The van der Waals surface area contributed by atoms with Gasteiger partial charge in [-0.3, -0.25) is 23.8 Å². The lowest BCUT2D eigenvalue weighted by molar-refractivity contribution is -0.109. The summed E-state index contributed by atoms with van der Waals surface area (Å²) < 4.78 is 20.7. The monoisotopic (exact) mass is 576 g/mol. The van der Waals surface area contributed by atoms with Crippen LogP contribution in [0.5, 0.6) is 0 Å². The summed E-state index contributed by atoms with van der Waals surface area (Å²) in [6.45, 7) is 8.02. The average molecular weight is 577 g/mol. The van der Waals surface area contributed by atoms with E-state index < -0.39 is 0 Å². The number of hydrogen-bond donors (Lipinski definition) is 2. The summed E-state index contributed by atoms with van der Waals surface area (Å²) in [5.74, 6) is 0.462. The Kier molecular flexibility index (Phi) is 9.26. The van der Waals surface area contributed by atoms with Crippen LogP contribution in [0.25, 0.3) is 16.9 Å². The topological polar surface area (TPSA) is 118 Å². The van der Waals surface area contributed by atoms with Gasteiger partial charge in [0.15, 0.2) is 11.5 Å². The number of hydrogen-bond acceptors (Lipinski definition) is 9. The molecular weight excluding hydrogens is 543 g/mol. The molecule has 214 valence electrons. The van der Waals surface area contributed by atoms with E-state index in [-0.39, 0.29) is 5.82 Å². The summed E-state index contributed by atoms with van der Waals surface area (Å²) in [7, 11) is 0. The molecule has 5 aromatic heterocycles. The molecular formula is C28H33FN10OS. The molecule has 2 N–H and O–H groups in total. The number of fused-ring (bicyclic) bond motifs is 1. The van der Waals surface area contributed by atoms with Crippen LogP contribution in [0.4, 0.5) is 15.2 Å². The van der Waals surface area contributed by atoms with E-state index >= 15 is 0 Å². The summed E-state index contributed by atoms with van der Waals surface area (Å²) in [4.78, 5) is 25.8. The first-order valence-corrected chi connectivity index (χ1v) is 14.3. The number of likely N-dealkylation sites (tertiary alicyclic amines) is 1. The van der Waals surface area contributed by atoms with Crippen LogP contribution in [0, 0.1) is 19.7 Å². The Labute approximate surface area is 241 Å². The number of aromatic nitrogens is 7. The molecule has 0 saturated carbocycles. The summed E-state index contributed by atoms with van der Waals surface area (Å²) in [6, 6.07) is 3.75. The number of halogens is 1. The Hall–Kier alpha value is -4.23. The van der Waals surface area contributed by atoms with E-state index in [1.807, 2.05) is 36.1 Å². The third-order valence-corrected chi connectivity index (χ3v) is 7.46. The van der Waals surface area contributed by atoms with Crippen molar-refractivity contribution in [2.75, 3.05) is 25.0 Å². The van der Waals surface area contributed by atoms with Gasteiger partial charge in [0.25, 0.3) is 0 Å². The van der Waals surface area contributed by atoms with Gasteiger partial charge in [-0.05, 0) is 69.0 Å². The highest BCUT2D eigenvalue weighted by Gasteiger charge is 2.16. The lowest BCUT2D eigenvalue weighted by Gasteiger charge is -2.25. The third kappa shape index (κ3) is 7.30. The molecule has 0 aromatic carbocycles. The number of carbonyl (C=O) groups excluding carboxylic acids is 1. The molecule has 1 saturated heterocycles. The smallest absolute Gasteiger partial charge is 0.207 e. The number of carbonyl (C=O) groups is 1. The van der Waals surface area contributed by atoms with Gasteiger partial charge in [0.2, 0.25) is 6.41 Å². The number of nitrogens with one attached hydrogen (secondary N) is 2. The predicted molar refractivity (Wildman–Crippen MR) is 156 cm³/mol. The molecule has 11 nitrogen and oxygen atoms in total. The number of amides is 1. The first kappa shape index (κ1) is 28.3. The fourth-order valence-electron chi connectivity index (χ4n) is 4.62. The average Bonchev–Trinajstić information content (AvgIpc) is 3.72. The third-order valence-electron chi connectivity index (χ3n) is 6.72. The molecule has 1 amide bonds. The lowest BCUT2D eigenvalue weighted by Crippen LogP contribution is -2.29. The zero-order valence-electron chi connectivity index (χ0n) is 23.1. The van der Waals surface area contributed by atoms with Crippen molar-refractivity contribution in [1.29, 1.82) is 0 Å². The molecule has 0 atom stereocenters. The van der Waals surface area contributed by atoms with E-state index in [0.29, 0.717) is 30.9 Å². The van der Waals surface area contributed by atoms with E-state index in [0.717, 1.165) is 52.9 Å². The molecule has 1 aliphatic heterocycles. The minimum absolute atomic E-state index is 0.243. The Morgan fingerprint density at radius 1 is 1.12 bits per heavy atom. The SMILES string of the molecule is Cc1ccncc1F.Cc1cn2c(-c3cnn(CCNC=O)c3)cnc2c(Nc2cc(CN3CCCCC3)ns2)n1. The fraction of sp³-hybridized carbons (Fsp3) is 0.357. The number of pyridine rings is 1. The second-order valence-corrected chi connectivity index (χ2v) is 10.7. The van der Waals surface area contributed by atoms with Crippen molar-refractivity contribution >= 4 is 34.4 Å². The zero-order valence-corrected chi connectivity index (χ0v) is 23.9. The van der Waals surface area contributed by atoms with Gasteiger partial charge in [-0.25, -0.2) is 14.4 Å². The Balaban J connectivity index is 0.000000365. The molecule has 0 spiro atoms. The van der Waals surface area contributed by atoms with Gasteiger partial charge in [-0.2, -0.15) is 9.47 Å². The largest absolute Gasteiger partial charge is 0.357 e. The number of aryl methyl sites for hydroxylation is 2. The minimum Gasteiger partial charge on any atom is -0.357 e. The molecule has 0 aliphatic carbocycles. The molecule has 41 heavy (non-hydrogen) atoms. The van der Waals surface area contributed by atoms with Crippen LogP contribution in [0.1, 0.15) is 36.2 Å². The van der Waals surface area contributed by atoms with Crippen molar-refractivity contribution in [3.63, 3.8) is 0 Å². The highest BCUT2D eigenvalue weighted by Crippen LogP contribution is 2.28. The normalized spacial score (nSPS) is 13.5. The molecule has 1 aliphatic rings. The van der Waals surface area contributed by atoms with Crippen LogP contribution >= 0.6 is 11.5 Å². The van der Waals surface area contributed by atoms with Crippen molar-refractivity contribution in [2.24, 2.45) is 0 Å². The molecule has 5 aromatic rings. The van der Waals surface area contributed by atoms with E-state index in [1.165, 1.54) is 37.0 Å². The zero-order chi connectivity index (χ0) is 28.6. The molecule has 0 radical (unpaired) electrons. The number of piperidine rings is 1. The van der Waals surface area contributed by atoms with Crippen LogP contribution in [-0.2, 0) is 17.9 Å². The van der Waals surface area contributed by atoms with Crippen LogP contribution in [0.3, 0.4) is 0 Å². The van der Waals surface area contributed by atoms with Crippen LogP contribution in [0.15, 0.2) is 49.3 Å². The number of imidazole rings is 1. The van der Waals surface area contributed by atoms with E-state index in [1.54, 1.807) is 23.9 Å². The van der Waals surface area contributed by atoms with Gasteiger partial charge >= 0.3 is 0 Å². The predicted octanol–water partition coefficient (Wildman–Crippen LogP) is 4.36. The quantitative estimate of drug-likeness (QED) is 0.196. The first-order chi connectivity index (χ1) is 20.0. The molecule has 6 rings (SSSR count). The summed E-state index contributed by atoms with van der Waals surface area (Å²) >= 11 is 1.45. The van der Waals surface area contributed by atoms with Gasteiger partial charge in [0.05, 0.1) is 42.2 Å². The van der Waals surface area contributed by atoms with Gasteiger partial charge in [-0.1, -0.05) is 6.42 Å². The molecule has 6 heterocycles. The Bertz CT molecular complexity index is 1570. The molecule has 1 fully saturated rings. The number of nitrogens with zero attached hydrogens (tertiary/aromatic N) is 8. The molecule has 0 bridgehead atoms. The summed E-state index contributed by atoms with van der Waals surface area (Å²) in [5.41, 5.74) is 5.24. The van der Waals surface area contributed by atoms with Gasteiger partial charge < -0.3 is 10.6 Å². The highest BCUT2D eigenvalue weighted by molar-refractivity contribution is 7.10. The summed E-state index contributed by atoms with van der Waals surface area (Å²) in [6.07, 6.45) is 14.9. The van der Waals surface area contributed by atoms with Gasteiger partial charge in [0, 0.05) is 37.2 Å². The van der Waals surface area contributed by atoms with Crippen LogP contribution in [0.2, 0.25) is 0 Å². The highest BCUT2D eigenvalue weighted by atomic mass is 32.1. The summed E-state index contributed by atoms with van der Waals surface area (Å²) in [5, 5.41) is 11.4. The lowest BCUT2D eigenvalue weighted by atomic mass is 10.1. The second kappa shape index (κ2) is 13.4. The van der Waals surface area contributed by atoms with Gasteiger partial charge in [-0.15, -0.1) is 0 Å². The number of rotatable bonds is 9. The maximum Gasteiger partial charge on any atom is 0.207 e. The van der Waals surface area contributed by atoms with E-state index in [9.17, 15) is 9.18 Å². The standard InChI is InChI=1S/C22H27N9OS.C6H6FN/c1-16-12-31-19(17-10-25-30(13-17)8-5-23-15-32)11-24-22(31)21(26-16)27-20-9-18(28-33-20)14-29-6-3-2-4-7-29;1-5-2-3-8-4-6(5)7/h9-13,15H,2-8,14H2,1H3,(H,23,32)(H,26,27);2-4H,1H3. The Morgan fingerprint density at radius 2 is 1.98 bits per heavy atom. The van der Waals surface area contributed by atoms with Crippen LogP contribution in [-0.4, -0.2) is 64.5 Å². The molecule has 13 heteroatoms. The van der Waals surface area contributed by atoms with Crippen molar-refractivity contribution in [2.45, 2.75) is 46.2 Å². The first-order valence-electron chi connectivity index (χ1n) is 13.6. The maximum atomic E-state index is 12.3. The van der Waals surface area contributed by atoms with Crippen LogP contribution < -0.4 is 10.6 Å². The van der Waals surface area contributed by atoms with Crippen molar-refractivity contribution in [3.05, 3.63) is 72.1 Å². The van der Waals surface area contributed by atoms with Crippen molar-refractivity contribution < 1.29 is 9.18 Å². The minimum atomic E-state index is -0.243.